The summed E-state index contributed by atoms with van der Waals surface area (Å²) in [7, 11) is 0. The highest BCUT2D eigenvalue weighted by Gasteiger charge is 2.29. The highest BCUT2D eigenvalue weighted by molar-refractivity contribution is 4.89. The molecule has 1 saturated carbocycles. The van der Waals surface area contributed by atoms with E-state index in [1.54, 1.807) is 0 Å². The largest absolute Gasteiger partial charge is 0.310 e. The van der Waals surface area contributed by atoms with Gasteiger partial charge in [0.05, 0.1) is 0 Å². The lowest BCUT2D eigenvalue weighted by Crippen LogP contribution is -2.50. The first-order chi connectivity index (χ1) is 7.16. The summed E-state index contributed by atoms with van der Waals surface area (Å²) in [4.78, 5) is 2.67. The van der Waals surface area contributed by atoms with Crippen molar-refractivity contribution in [3.63, 3.8) is 0 Å². The fourth-order valence-corrected chi connectivity index (χ4v) is 2.52. The molecule has 15 heavy (non-hydrogen) atoms. The Morgan fingerprint density at radius 1 is 1.07 bits per heavy atom. The first-order valence-electron chi connectivity index (χ1n) is 6.67. The van der Waals surface area contributed by atoms with Gasteiger partial charge in [0.25, 0.3) is 0 Å². The molecule has 1 saturated heterocycles. The van der Waals surface area contributed by atoms with Crippen molar-refractivity contribution in [3.05, 3.63) is 0 Å². The molecule has 1 aliphatic heterocycles. The van der Waals surface area contributed by atoms with E-state index >= 15 is 0 Å². The van der Waals surface area contributed by atoms with Crippen LogP contribution in [-0.4, -0.2) is 36.1 Å². The van der Waals surface area contributed by atoms with Gasteiger partial charge in [-0.15, -0.1) is 0 Å². The van der Waals surface area contributed by atoms with Crippen LogP contribution in [-0.2, 0) is 0 Å². The SMILES string of the molecule is CC(C)C(C)N1CCCC(NC2CC2)C1. The van der Waals surface area contributed by atoms with Crippen molar-refractivity contribution in [2.45, 2.75) is 64.6 Å². The topological polar surface area (TPSA) is 15.3 Å². The normalized spacial score (nSPS) is 30.8. The highest BCUT2D eigenvalue weighted by atomic mass is 15.2. The van der Waals surface area contributed by atoms with Gasteiger partial charge in [-0.25, -0.2) is 0 Å². The van der Waals surface area contributed by atoms with E-state index in [-0.39, 0.29) is 0 Å². The molecular weight excluding hydrogens is 184 g/mol. The number of nitrogens with one attached hydrogen (secondary N) is 1. The van der Waals surface area contributed by atoms with Gasteiger partial charge in [0.2, 0.25) is 0 Å². The molecule has 2 atom stereocenters. The summed E-state index contributed by atoms with van der Waals surface area (Å²) in [5.41, 5.74) is 0. The van der Waals surface area contributed by atoms with E-state index in [2.05, 4.69) is 31.0 Å². The Labute approximate surface area is 94.4 Å². The quantitative estimate of drug-likeness (QED) is 0.765. The van der Waals surface area contributed by atoms with E-state index < -0.39 is 0 Å². The zero-order valence-corrected chi connectivity index (χ0v) is 10.5. The summed E-state index contributed by atoms with van der Waals surface area (Å²) in [6.07, 6.45) is 5.59. The Kier molecular flexibility index (Phi) is 3.68. The van der Waals surface area contributed by atoms with Crippen LogP contribution in [0.2, 0.25) is 0 Å². The number of likely N-dealkylation sites (tertiary alicyclic amines) is 1. The van der Waals surface area contributed by atoms with Crippen molar-refractivity contribution in [1.29, 1.82) is 0 Å². The summed E-state index contributed by atoms with van der Waals surface area (Å²) in [5.74, 6) is 0.782. The molecule has 0 amide bonds. The molecule has 2 rings (SSSR count). The third kappa shape index (κ3) is 3.18. The molecule has 0 spiro atoms. The monoisotopic (exact) mass is 210 g/mol. The Morgan fingerprint density at radius 3 is 2.40 bits per heavy atom. The number of rotatable bonds is 4. The smallest absolute Gasteiger partial charge is 0.0198 e. The molecule has 1 heterocycles. The predicted octanol–water partition coefficient (Wildman–Crippen LogP) is 2.25. The van der Waals surface area contributed by atoms with Crippen LogP contribution in [0.5, 0.6) is 0 Å². The van der Waals surface area contributed by atoms with Crippen LogP contribution < -0.4 is 5.32 Å². The van der Waals surface area contributed by atoms with E-state index in [0.717, 1.165) is 24.0 Å². The van der Waals surface area contributed by atoms with Gasteiger partial charge in [0.1, 0.15) is 0 Å². The van der Waals surface area contributed by atoms with Crippen LogP contribution in [0.3, 0.4) is 0 Å². The average Bonchev–Trinajstić information content (AvgIpc) is 3.01. The van der Waals surface area contributed by atoms with E-state index in [9.17, 15) is 0 Å². The van der Waals surface area contributed by atoms with Crippen molar-refractivity contribution < 1.29 is 0 Å². The molecule has 2 heteroatoms. The van der Waals surface area contributed by atoms with Crippen molar-refractivity contribution in [2.24, 2.45) is 5.92 Å². The first kappa shape index (κ1) is 11.4. The van der Waals surface area contributed by atoms with Crippen molar-refractivity contribution >= 4 is 0 Å². The highest BCUT2D eigenvalue weighted by Crippen LogP contribution is 2.23. The van der Waals surface area contributed by atoms with Gasteiger partial charge in [0.15, 0.2) is 0 Å². The second-order valence-electron chi connectivity index (χ2n) is 5.76. The van der Waals surface area contributed by atoms with Gasteiger partial charge in [0, 0.05) is 24.7 Å². The maximum absolute atomic E-state index is 3.77. The third-order valence-corrected chi connectivity index (χ3v) is 4.04. The zero-order chi connectivity index (χ0) is 10.8. The number of piperidine rings is 1. The van der Waals surface area contributed by atoms with Gasteiger partial charge in [-0.2, -0.15) is 0 Å². The molecule has 1 N–H and O–H groups in total. The molecule has 88 valence electrons. The second-order valence-corrected chi connectivity index (χ2v) is 5.76. The zero-order valence-electron chi connectivity index (χ0n) is 10.5. The molecule has 0 aromatic rings. The van der Waals surface area contributed by atoms with Gasteiger partial charge in [-0.1, -0.05) is 13.8 Å². The summed E-state index contributed by atoms with van der Waals surface area (Å²) in [6, 6.07) is 2.38. The van der Waals surface area contributed by atoms with Crippen LogP contribution >= 0.6 is 0 Å². The summed E-state index contributed by atoms with van der Waals surface area (Å²) in [5, 5.41) is 3.77. The van der Waals surface area contributed by atoms with Crippen LogP contribution in [0.25, 0.3) is 0 Å². The van der Waals surface area contributed by atoms with Crippen LogP contribution in [0.1, 0.15) is 46.5 Å². The first-order valence-corrected chi connectivity index (χ1v) is 6.67. The molecular formula is C13H26N2. The van der Waals surface area contributed by atoms with Crippen LogP contribution in [0.15, 0.2) is 0 Å². The molecule has 0 radical (unpaired) electrons. The van der Waals surface area contributed by atoms with Crippen molar-refractivity contribution in [1.82, 2.24) is 10.2 Å². The van der Waals surface area contributed by atoms with Gasteiger partial charge in [-0.3, -0.25) is 4.90 Å². The second kappa shape index (κ2) is 4.84. The number of hydrogen-bond donors (Lipinski definition) is 1. The molecule has 2 fully saturated rings. The van der Waals surface area contributed by atoms with Gasteiger partial charge >= 0.3 is 0 Å². The van der Waals surface area contributed by atoms with Gasteiger partial charge in [-0.05, 0) is 45.1 Å². The molecule has 0 aromatic carbocycles. The Morgan fingerprint density at radius 2 is 1.80 bits per heavy atom. The molecule has 0 aromatic heterocycles. The summed E-state index contributed by atoms with van der Waals surface area (Å²) < 4.78 is 0. The minimum Gasteiger partial charge on any atom is -0.310 e. The Bertz CT molecular complexity index is 199. The minimum atomic E-state index is 0.744. The Balaban J connectivity index is 1.80. The molecule has 1 aliphatic carbocycles. The molecule has 2 unspecified atom stereocenters. The third-order valence-electron chi connectivity index (χ3n) is 4.04. The van der Waals surface area contributed by atoms with Crippen LogP contribution in [0, 0.1) is 5.92 Å². The fourth-order valence-electron chi connectivity index (χ4n) is 2.52. The maximum atomic E-state index is 3.77. The fraction of sp³-hybridized carbons (Fsp3) is 1.00. The minimum absolute atomic E-state index is 0.744. The predicted molar refractivity (Wildman–Crippen MR) is 65.1 cm³/mol. The van der Waals surface area contributed by atoms with E-state index in [0.29, 0.717) is 0 Å². The Hall–Kier alpha value is -0.0800. The summed E-state index contributed by atoms with van der Waals surface area (Å²) in [6.45, 7) is 9.63. The lowest BCUT2D eigenvalue weighted by Gasteiger charge is -2.39. The van der Waals surface area contributed by atoms with E-state index in [1.807, 2.05) is 0 Å². The van der Waals surface area contributed by atoms with Crippen molar-refractivity contribution in [3.8, 4) is 0 Å². The van der Waals surface area contributed by atoms with Gasteiger partial charge < -0.3 is 5.32 Å². The van der Waals surface area contributed by atoms with Crippen molar-refractivity contribution in [2.75, 3.05) is 13.1 Å². The summed E-state index contributed by atoms with van der Waals surface area (Å²) >= 11 is 0. The average molecular weight is 210 g/mol. The molecule has 0 bridgehead atoms. The standard InChI is InChI=1S/C13H26N2/c1-10(2)11(3)15-8-4-5-13(9-15)14-12-6-7-12/h10-14H,4-9H2,1-3H3. The molecule has 2 nitrogen and oxygen atoms in total. The number of nitrogens with zero attached hydrogens (tertiary/aromatic N) is 1. The van der Waals surface area contributed by atoms with Crippen LogP contribution in [0.4, 0.5) is 0 Å². The molecule has 2 aliphatic rings. The lowest BCUT2D eigenvalue weighted by atomic mass is 9.99. The number of hydrogen-bond acceptors (Lipinski definition) is 2. The van der Waals surface area contributed by atoms with E-state index in [4.69, 9.17) is 0 Å². The maximum Gasteiger partial charge on any atom is 0.0198 e. The lowest BCUT2D eigenvalue weighted by molar-refractivity contribution is 0.118. The van der Waals surface area contributed by atoms with E-state index in [1.165, 1.54) is 38.8 Å².